The van der Waals surface area contributed by atoms with E-state index in [9.17, 15) is 115 Å². The Labute approximate surface area is 600 Å². The maximum Gasteiger partial charge on any atom is 1.00 e. The molecular formula is C70H117NaO26S. The van der Waals surface area contributed by atoms with Crippen LogP contribution in [-0.2, 0) is 24.1 Å². The molecule has 2 heterocycles. The van der Waals surface area contributed by atoms with E-state index >= 15 is 0 Å². The van der Waals surface area contributed by atoms with Gasteiger partial charge in [0.15, 0.2) is 0 Å². The second kappa shape index (κ2) is 51.5. The van der Waals surface area contributed by atoms with E-state index < -0.39 is 169 Å². The maximum absolute atomic E-state index is 11.2. The maximum atomic E-state index is 11.2. The molecule has 0 saturated carbocycles. The van der Waals surface area contributed by atoms with Gasteiger partial charge in [0.25, 0.3) is 0 Å². The monoisotopic (exact) mass is 1430 g/mol. The molecule has 25 atom stereocenters. The van der Waals surface area contributed by atoms with Gasteiger partial charge in [-0.25, -0.2) is 8.42 Å². The van der Waals surface area contributed by atoms with Crippen LogP contribution >= 0.6 is 0 Å². The number of allylic oxidation sites excluding steroid dienone is 11. The van der Waals surface area contributed by atoms with Crippen LogP contribution in [0.2, 0.25) is 0 Å². The zero-order valence-corrected chi connectivity index (χ0v) is 60.0. The summed E-state index contributed by atoms with van der Waals surface area (Å²) in [7, 11) is -4.92. The van der Waals surface area contributed by atoms with Gasteiger partial charge in [-0.1, -0.05) is 123 Å². The van der Waals surface area contributed by atoms with Crippen LogP contribution in [-0.4, -0.2) is 268 Å². The summed E-state index contributed by atoms with van der Waals surface area (Å²) in [5, 5.41) is 214. The topological polar surface area (TPSA) is 489 Å². The second-order valence-corrected chi connectivity index (χ2v) is 26.9. The minimum Gasteiger partial charge on any atom is -0.726 e. The molecule has 0 aliphatic carbocycles. The third-order valence-electron chi connectivity index (χ3n) is 17.4. The van der Waals surface area contributed by atoms with Crippen molar-refractivity contribution in [3.05, 3.63) is 122 Å². The van der Waals surface area contributed by atoms with E-state index in [2.05, 4.69) is 17.3 Å². The first-order chi connectivity index (χ1) is 45.8. The molecule has 0 aromatic carbocycles. The average Bonchev–Trinajstić information content (AvgIpc) is 0.813. The van der Waals surface area contributed by atoms with E-state index in [1.807, 2.05) is 48.6 Å². The Bertz CT molecular complexity index is 2510. The van der Waals surface area contributed by atoms with Crippen LogP contribution in [0.15, 0.2) is 122 Å². The normalized spacial score (nSPS) is 26.2. The van der Waals surface area contributed by atoms with Crippen molar-refractivity contribution < 1.29 is 158 Å². The first-order valence-electron chi connectivity index (χ1n) is 33.9. The number of aliphatic hydroxyl groups is 20. The molecule has 0 spiro atoms. The van der Waals surface area contributed by atoms with Crippen molar-refractivity contribution in [2.24, 2.45) is 5.92 Å². The Morgan fingerprint density at radius 2 is 1.05 bits per heavy atom. The van der Waals surface area contributed by atoms with Gasteiger partial charge < -0.3 is 116 Å². The van der Waals surface area contributed by atoms with Crippen LogP contribution in [0.1, 0.15) is 155 Å². The molecule has 2 fully saturated rings. The molecule has 25 unspecified atom stereocenters. The van der Waals surface area contributed by atoms with Crippen LogP contribution in [0.4, 0.5) is 0 Å². The molecule has 0 bridgehead atoms. The van der Waals surface area contributed by atoms with Gasteiger partial charge in [0, 0.05) is 25.2 Å². The zero-order chi connectivity index (χ0) is 72.8. The van der Waals surface area contributed by atoms with Gasteiger partial charge in [-0.3, -0.25) is 4.18 Å². The summed E-state index contributed by atoms with van der Waals surface area (Å²) in [6.45, 7) is 9.88. The Balaban J connectivity index is 0.0000480. The zero-order valence-electron chi connectivity index (χ0n) is 57.2. The van der Waals surface area contributed by atoms with Crippen molar-refractivity contribution in [1.29, 1.82) is 0 Å². The number of aliphatic hydroxyl groups excluding tert-OH is 20. The van der Waals surface area contributed by atoms with E-state index in [0.29, 0.717) is 69.8 Å². The first-order valence-corrected chi connectivity index (χ1v) is 35.2. The van der Waals surface area contributed by atoms with Gasteiger partial charge in [0.1, 0.15) is 61.0 Å². The fourth-order valence-electron chi connectivity index (χ4n) is 11.2. The summed E-state index contributed by atoms with van der Waals surface area (Å²) in [6, 6.07) is 0. The largest absolute Gasteiger partial charge is 1.00 e. The Hall–Kier alpha value is -2.61. The molecule has 2 saturated heterocycles. The summed E-state index contributed by atoms with van der Waals surface area (Å²) in [5.74, 6) is -0.814. The summed E-state index contributed by atoms with van der Waals surface area (Å²) in [5.41, 5.74) is 0.463. The van der Waals surface area contributed by atoms with Gasteiger partial charge in [0.2, 0.25) is 10.4 Å². The summed E-state index contributed by atoms with van der Waals surface area (Å²) >= 11 is 0. The predicted octanol–water partition coefficient (Wildman–Crippen LogP) is -1.98. The molecule has 98 heavy (non-hydrogen) atoms. The molecule has 560 valence electrons. The van der Waals surface area contributed by atoms with Crippen LogP contribution < -0.4 is 29.6 Å². The van der Waals surface area contributed by atoms with Gasteiger partial charge >= 0.3 is 29.6 Å². The third-order valence-corrected chi connectivity index (χ3v) is 17.8. The molecule has 0 amide bonds. The molecule has 0 aromatic heterocycles. The van der Waals surface area contributed by atoms with Crippen molar-refractivity contribution >= 4 is 10.4 Å². The number of unbranched alkanes of at least 4 members (excludes halogenated alkanes) is 2. The van der Waals surface area contributed by atoms with Crippen molar-refractivity contribution in [3.63, 3.8) is 0 Å². The molecular weight excluding hydrogens is 1310 g/mol. The van der Waals surface area contributed by atoms with E-state index in [-0.39, 0.29) is 99.3 Å². The van der Waals surface area contributed by atoms with Crippen LogP contribution in [0.25, 0.3) is 0 Å². The Morgan fingerprint density at radius 3 is 1.62 bits per heavy atom. The van der Waals surface area contributed by atoms with Crippen molar-refractivity contribution in [1.82, 2.24) is 0 Å². The quantitative estimate of drug-likeness (QED) is 0.00784. The van der Waals surface area contributed by atoms with Gasteiger partial charge in [-0.15, -0.1) is 0 Å². The summed E-state index contributed by atoms with van der Waals surface area (Å²) in [4.78, 5) is 0. The predicted molar refractivity (Wildman–Crippen MR) is 361 cm³/mol. The van der Waals surface area contributed by atoms with Gasteiger partial charge in [-0.2, -0.15) is 0 Å². The van der Waals surface area contributed by atoms with E-state index in [0.717, 1.165) is 12.8 Å². The summed E-state index contributed by atoms with van der Waals surface area (Å²) in [6.07, 6.45) is -0.489. The van der Waals surface area contributed by atoms with Crippen LogP contribution in [0.5, 0.6) is 0 Å². The van der Waals surface area contributed by atoms with Crippen LogP contribution in [0.3, 0.4) is 0 Å². The molecule has 0 radical (unpaired) electrons. The van der Waals surface area contributed by atoms with Crippen molar-refractivity contribution in [2.75, 3.05) is 6.61 Å². The minimum absolute atomic E-state index is 0. The van der Waals surface area contributed by atoms with Gasteiger partial charge in [0.05, 0.1) is 92.1 Å². The standard InChI is InChI=1S/C70H118O26S.Na/c1-5-6-7-8-9-10-11-12-13-14-15-16-17-18-33-55(79)64(86)69-67(89)59(83)42-61(96-69)68(90)62(84)45(3)36-38-54(78)60-41-58(82)66(88)70(95-60)65(87)56(80)39-44(2)35-37-51(75)40-57(81)63(85)46(4)53(77)34-23-31-50(74)29-21-27-48(72)25-19-24-47(71)26-20-28-49(73)30-22-32-52(76)43-94-97(91,92)93;/h5-7,10-15,18,20,22,26,30,33,39,46-90H,1,3,8-9,16-17,19,21,23-25,27-29,31-32,34-38,40-43H2,2,4H3,(H,91,92,93);/q;+1/p-1/b7-6+,11-10+,13-12+,15-14+,26-20+,30-22+,33-18+,44-39+;. The van der Waals surface area contributed by atoms with E-state index in [4.69, 9.17) is 9.47 Å². The molecule has 20 N–H and O–H groups in total. The fourth-order valence-corrected chi connectivity index (χ4v) is 11.6. The molecule has 0 aromatic rings. The SMILES string of the molecule is C=C/C=C/CC/C=C/C=C/C=C/CC/C=C/C(O)C(O)C1OC(C(O)C(O)C(=C)CCC(O)C2CC(O)C(O)C(C(O)C(O)/C=C(\C)CCC(O)CC(O)C(O)C(C)C(O)CCCC(O)CCCC(O)CCCC(O)/C=C/CC(O)/C=C/CC(O)COS(=O)(=O)[O-])O2)CC(O)C1O.[Na+]. The molecule has 28 heteroatoms. The molecule has 2 aliphatic heterocycles. The molecule has 2 aliphatic rings. The number of rotatable bonds is 51. The fraction of sp³-hybridized carbons (Fsp3) is 0.714. The summed E-state index contributed by atoms with van der Waals surface area (Å²) < 4.78 is 47.0. The second-order valence-electron chi connectivity index (χ2n) is 25.9. The number of hydrogen-bond donors (Lipinski definition) is 20. The number of hydrogen-bond acceptors (Lipinski definition) is 26. The smallest absolute Gasteiger partial charge is 0.726 e. The third kappa shape index (κ3) is 38.8. The van der Waals surface area contributed by atoms with Crippen molar-refractivity contribution in [3.8, 4) is 0 Å². The van der Waals surface area contributed by atoms with E-state index in [1.54, 1.807) is 32.1 Å². The van der Waals surface area contributed by atoms with Gasteiger partial charge in [-0.05, 0) is 134 Å². The molecule has 26 nitrogen and oxygen atoms in total. The van der Waals surface area contributed by atoms with Crippen molar-refractivity contribution in [2.45, 2.75) is 302 Å². The first kappa shape index (κ1) is 93.4. The Morgan fingerprint density at radius 1 is 0.551 bits per heavy atom. The minimum atomic E-state index is -4.92. The Kier molecular flexibility index (Phi) is 49.1. The average molecular weight is 1430 g/mol. The molecule has 2 rings (SSSR count). The number of ether oxygens (including phenoxy) is 2. The van der Waals surface area contributed by atoms with E-state index in [1.165, 1.54) is 30.4 Å². The van der Waals surface area contributed by atoms with Crippen LogP contribution in [0, 0.1) is 5.92 Å².